The highest BCUT2D eigenvalue weighted by atomic mass is 16.2. The number of aldehydes is 1. The number of carbonyl (C=O) groups excluding carboxylic acids is 2. The molecular formula is C11H16N2O2. The van der Waals surface area contributed by atoms with Crippen LogP contribution in [0.1, 0.15) is 20.8 Å². The van der Waals surface area contributed by atoms with Crippen LogP contribution in [0.3, 0.4) is 0 Å². The zero-order valence-electron chi connectivity index (χ0n) is 9.50. The first-order valence-corrected chi connectivity index (χ1v) is 4.79. The van der Waals surface area contributed by atoms with E-state index >= 15 is 0 Å². The summed E-state index contributed by atoms with van der Waals surface area (Å²) in [5.74, 6) is -0.101. The van der Waals surface area contributed by atoms with Crippen LogP contribution < -0.4 is 5.32 Å². The molecular weight excluding hydrogens is 192 g/mol. The minimum absolute atomic E-state index is 0.101. The molecule has 15 heavy (non-hydrogen) atoms. The fraction of sp³-hybridized carbons (Fsp3) is 0.455. The second kappa shape index (κ2) is 3.88. The number of likely N-dealkylation sites (N-methyl/N-ethyl adjacent to an activating group) is 1. The van der Waals surface area contributed by atoms with Crippen molar-refractivity contribution >= 4 is 12.2 Å². The molecule has 0 bridgehead atoms. The van der Waals surface area contributed by atoms with Crippen LogP contribution in [0.2, 0.25) is 0 Å². The van der Waals surface area contributed by atoms with Gasteiger partial charge in [0.1, 0.15) is 17.6 Å². The van der Waals surface area contributed by atoms with Gasteiger partial charge in [-0.1, -0.05) is 6.08 Å². The van der Waals surface area contributed by atoms with Crippen LogP contribution >= 0.6 is 0 Å². The van der Waals surface area contributed by atoms with Gasteiger partial charge in [0, 0.05) is 7.05 Å². The van der Waals surface area contributed by atoms with E-state index < -0.39 is 0 Å². The molecule has 0 atom stereocenters. The lowest BCUT2D eigenvalue weighted by Crippen LogP contribution is -2.43. The highest BCUT2D eigenvalue weighted by molar-refractivity contribution is 5.97. The maximum Gasteiger partial charge on any atom is 0.269 e. The summed E-state index contributed by atoms with van der Waals surface area (Å²) < 4.78 is 0. The maximum absolute atomic E-state index is 11.7. The van der Waals surface area contributed by atoms with Crippen LogP contribution in [0.4, 0.5) is 0 Å². The molecule has 0 aromatic carbocycles. The van der Waals surface area contributed by atoms with Crippen LogP contribution in [0.25, 0.3) is 0 Å². The summed E-state index contributed by atoms with van der Waals surface area (Å²) in [6.07, 6.45) is 3.72. The summed E-state index contributed by atoms with van der Waals surface area (Å²) in [5.41, 5.74) is 1.02. The number of hydrogen-bond donors (Lipinski definition) is 1. The van der Waals surface area contributed by atoms with E-state index in [1.165, 1.54) is 6.08 Å². The van der Waals surface area contributed by atoms with Gasteiger partial charge in [-0.05, 0) is 32.4 Å². The average molecular weight is 208 g/mol. The molecule has 0 aromatic rings. The molecule has 0 saturated carbocycles. The molecule has 1 N–H and O–H groups in total. The highest BCUT2D eigenvalue weighted by Crippen LogP contribution is 2.25. The summed E-state index contributed by atoms with van der Waals surface area (Å²) in [5, 5.41) is 2.86. The molecule has 1 heterocycles. The molecule has 4 nitrogen and oxygen atoms in total. The Kier molecular flexibility index (Phi) is 2.98. The van der Waals surface area contributed by atoms with Crippen LogP contribution in [-0.2, 0) is 9.59 Å². The second-order valence-electron chi connectivity index (χ2n) is 4.10. The van der Waals surface area contributed by atoms with Gasteiger partial charge in [0.15, 0.2) is 0 Å². The lowest BCUT2D eigenvalue weighted by Gasteiger charge is -2.28. The zero-order chi connectivity index (χ0) is 11.6. The fourth-order valence-electron chi connectivity index (χ4n) is 1.56. The third-order valence-corrected chi connectivity index (χ3v) is 2.61. The van der Waals surface area contributed by atoms with Gasteiger partial charge >= 0.3 is 0 Å². The summed E-state index contributed by atoms with van der Waals surface area (Å²) in [7, 11) is 1.85. The van der Waals surface area contributed by atoms with Gasteiger partial charge < -0.3 is 10.2 Å². The molecule has 0 radical (unpaired) electrons. The van der Waals surface area contributed by atoms with Crippen molar-refractivity contribution in [3.05, 3.63) is 23.4 Å². The number of allylic oxidation sites excluding steroid dienone is 3. The molecule has 0 unspecified atom stereocenters. The van der Waals surface area contributed by atoms with Crippen molar-refractivity contribution in [2.75, 3.05) is 7.05 Å². The largest absolute Gasteiger partial charge is 0.348 e. The van der Waals surface area contributed by atoms with Crippen molar-refractivity contribution in [3.63, 3.8) is 0 Å². The van der Waals surface area contributed by atoms with Crippen LogP contribution in [0, 0.1) is 0 Å². The van der Waals surface area contributed by atoms with E-state index in [9.17, 15) is 9.59 Å². The SMILES string of the molecule is CC(/C=C\C=O)=C1\C(=O)NC(C)(C)N1C. The van der Waals surface area contributed by atoms with Gasteiger partial charge in [0.05, 0.1) is 0 Å². The standard InChI is InChI=1S/C11H16N2O2/c1-8(6-5-7-14)9-10(15)12-11(2,3)13(9)4/h5-7H,1-4H3,(H,12,15)/b6-5-,9-8-. The maximum atomic E-state index is 11.7. The van der Waals surface area contributed by atoms with E-state index in [1.807, 2.05) is 32.7 Å². The van der Waals surface area contributed by atoms with Gasteiger partial charge in [-0.25, -0.2) is 0 Å². The van der Waals surface area contributed by atoms with Crippen molar-refractivity contribution in [1.82, 2.24) is 10.2 Å². The summed E-state index contributed by atoms with van der Waals surface area (Å²) in [6, 6.07) is 0. The Morgan fingerprint density at radius 3 is 2.47 bits per heavy atom. The van der Waals surface area contributed by atoms with Crippen molar-refractivity contribution < 1.29 is 9.59 Å². The Morgan fingerprint density at radius 2 is 2.07 bits per heavy atom. The number of nitrogens with one attached hydrogen (secondary N) is 1. The summed E-state index contributed by atoms with van der Waals surface area (Å²) >= 11 is 0. The fourth-order valence-corrected chi connectivity index (χ4v) is 1.56. The predicted molar refractivity (Wildman–Crippen MR) is 57.9 cm³/mol. The average Bonchev–Trinajstić information content (AvgIpc) is 2.33. The van der Waals surface area contributed by atoms with E-state index in [2.05, 4.69) is 5.32 Å². The normalized spacial score (nSPS) is 23.2. The first-order valence-electron chi connectivity index (χ1n) is 4.79. The molecule has 1 rings (SSSR count). The van der Waals surface area contributed by atoms with E-state index in [1.54, 1.807) is 6.08 Å². The number of carbonyl (C=O) groups is 2. The minimum atomic E-state index is -0.372. The molecule has 0 spiro atoms. The van der Waals surface area contributed by atoms with Crippen LogP contribution in [0.5, 0.6) is 0 Å². The van der Waals surface area contributed by atoms with Crippen LogP contribution in [0.15, 0.2) is 23.4 Å². The summed E-state index contributed by atoms with van der Waals surface area (Å²) in [6.45, 7) is 5.66. The lowest BCUT2D eigenvalue weighted by molar-refractivity contribution is -0.117. The van der Waals surface area contributed by atoms with E-state index in [-0.39, 0.29) is 11.6 Å². The Balaban J connectivity index is 3.10. The van der Waals surface area contributed by atoms with Gasteiger partial charge in [-0.3, -0.25) is 9.59 Å². The Morgan fingerprint density at radius 1 is 1.47 bits per heavy atom. The smallest absolute Gasteiger partial charge is 0.269 e. The number of hydrogen-bond acceptors (Lipinski definition) is 3. The van der Waals surface area contributed by atoms with Gasteiger partial charge in [0.25, 0.3) is 5.91 Å². The first kappa shape index (κ1) is 11.5. The highest BCUT2D eigenvalue weighted by Gasteiger charge is 2.38. The van der Waals surface area contributed by atoms with E-state index in [0.29, 0.717) is 12.0 Å². The second-order valence-corrected chi connectivity index (χ2v) is 4.10. The molecule has 1 fully saturated rings. The Hall–Kier alpha value is -1.58. The first-order chi connectivity index (χ1) is 6.90. The van der Waals surface area contributed by atoms with Gasteiger partial charge in [0.2, 0.25) is 0 Å². The minimum Gasteiger partial charge on any atom is -0.348 e. The van der Waals surface area contributed by atoms with Crippen LogP contribution in [-0.4, -0.2) is 29.8 Å². The predicted octanol–water partition coefficient (Wildman–Crippen LogP) is 0.813. The van der Waals surface area contributed by atoms with Crippen molar-refractivity contribution in [3.8, 4) is 0 Å². The monoisotopic (exact) mass is 208 g/mol. The quantitative estimate of drug-likeness (QED) is 0.539. The molecule has 0 aromatic heterocycles. The van der Waals surface area contributed by atoms with E-state index in [4.69, 9.17) is 0 Å². The molecule has 82 valence electrons. The number of nitrogens with zero attached hydrogens (tertiary/aromatic N) is 1. The summed E-state index contributed by atoms with van der Waals surface area (Å²) in [4.78, 5) is 23.7. The third-order valence-electron chi connectivity index (χ3n) is 2.61. The van der Waals surface area contributed by atoms with Crippen molar-refractivity contribution in [1.29, 1.82) is 0 Å². The van der Waals surface area contributed by atoms with Gasteiger partial charge in [-0.2, -0.15) is 0 Å². The van der Waals surface area contributed by atoms with E-state index in [0.717, 1.165) is 5.57 Å². The van der Waals surface area contributed by atoms with Crippen molar-refractivity contribution in [2.45, 2.75) is 26.4 Å². The number of rotatable bonds is 2. The van der Waals surface area contributed by atoms with Gasteiger partial charge in [-0.15, -0.1) is 0 Å². The topological polar surface area (TPSA) is 49.4 Å². The third kappa shape index (κ3) is 2.09. The molecule has 1 aliphatic heterocycles. The molecule has 1 aliphatic rings. The number of amides is 1. The molecule has 1 amide bonds. The molecule has 4 heteroatoms. The lowest BCUT2D eigenvalue weighted by atomic mass is 10.2. The Bertz CT molecular complexity index is 354. The zero-order valence-corrected chi connectivity index (χ0v) is 9.50. The Labute approximate surface area is 89.6 Å². The molecule has 1 saturated heterocycles. The molecule has 0 aliphatic carbocycles. The van der Waals surface area contributed by atoms with Crippen molar-refractivity contribution in [2.24, 2.45) is 0 Å².